The average Bonchev–Trinajstić information content (AvgIpc) is 2.01. The zero-order chi connectivity index (χ0) is 8.53. The molecular weight excluding hydrogens is 136 g/mol. The summed E-state index contributed by atoms with van der Waals surface area (Å²) < 4.78 is 0. The Morgan fingerprint density at radius 3 is 2.64 bits per heavy atom. The molecule has 1 N–H and O–H groups in total. The van der Waals surface area contributed by atoms with Crippen LogP contribution < -0.4 is 5.32 Å². The summed E-state index contributed by atoms with van der Waals surface area (Å²) in [4.78, 5) is 2.32. The summed E-state index contributed by atoms with van der Waals surface area (Å²) in [5, 5.41) is 3.12. The molecule has 0 radical (unpaired) electrons. The van der Waals surface area contributed by atoms with Gasteiger partial charge in [0.15, 0.2) is 0 Å². The van der Waals surface area contributed by atoms with E-state index in [2.05, 4.69) is 23.1 Å². The number of rotatable bonds is 6. The third-order valence-corrected chi connectivity index (χ3v) is 1.49. The van der Waals surface area contributed by atoms with Crippen LogP contribution in [0.25, 0.3) is 0 Å². The lowest BCUT2D eigenvalue weighted by atomic mass is 10.3. The third-order valence-electron chi connectivity index (χ3n) is 1.49. The molecule has 0 aliphatic carbocycles. The smallest absolute Gasteiger partial charge is 0.0478 e. The molecule has 0 aromatic carbocycles. The van der Waals surface area contributed by atoms with Gasteiger partial charge >= 0.3 is 0 Å². The van der Waals surface area contributed by atoms with E-state index < -0.39 is 0 Å². The molecule has 0 aromatic heterocycles. The monoisotopic (exact) mass is 154 g/mol. The van der Waals surface area contributed by atoms with Gasteiger partial charge in [0.25, 0.3) is 0 Å². The predicted octanol–water partition coefficient (Wildman–Crippen LogP) is 0.899. The molecule has 0 saturated carbocycles. The van der Waals surface area contributed by atoms with Crippen LogP contribution in [0.5, 0.6) is 0 Å². The fourth-order valence-corrected chi connectivity index (χ4v) is 1.03. The van der Waals surface area contributed by atoms with Gasteiger partial charge in [-0.2, -0.15) is 0 Å². The molecular formula is C9H18N2. The van der Waals surface area contributed by atoms with E-state index in [0.717, 1.165) is 26.2 Å². The van der Waals surface area contributed by atoms with Crippen molar-refractivity contribution in [3.63, 3.8) is 0 Å². The molecule has 11 heavy (non-hydrogen) atoms. The lowest BCUT2D eigenvalue weighted by molar-refractivity contribution is 0.267. The number of terminal acetylenes is 1. The summed E-state index contributed by atoms with van der Waals surface area (Å²) in [6.45, 7) is 5.25. The van der Waals surface area contributed by atoms with Crippen molar-refractivity contribution >= 4 is 0 Å². The average molecular weight is 154 g/mol. The van der Waals surface area contributed by atoms with Gasteiger partial charge in [-0.25, -0.2) is 0 Å². The Hall–Kier alpha value is -0.520. The van der Waals surface area contributed by atoms with E-state index >= 15 is 0 Å². The molecule has 0 aliphatic heterocycles. The maximum Gasteiger partial charge on any atom is 0.0478 e. The Kier molecular flexibility index (Phi) is 7.23. The lowest BCUT2D eigenvalue weighted by Crippen LogP contribution is -2.33. The molecule has 0 aromatic rings. The lowest BCUT2D eigenvalue weighted by Gasteiger charge is -2.19. The summed E-state index contributed by atoms with van der Waals surface area (Å²) in [5.41, 5.74) is 0. The summed E-state index contributed by atoms with van der Waals surface area (Å²) >= 11 is 0. The third kappa shape index (κ3) is 5.90. The van der Waals surface area contributed by atoms with E-state index in [4.69, 9.17) is 6.42 Å². The SMILES string of the molecule is C#CCCN(CCC)CNC. The molecule has 0 amide bonds. The molecule has 2 heteroatoms. The van der Waals surface area contributed by atoms with Crippen molar-refractivity contribution in [1.82, 2.24) is 10.2 Å². The molecule has 0 saturated heterocycles. The first-order chi connectivity index (χ1) is 5.35. The van der Waals surface area contributed by atoms with E-state index in [1.807, 2.05) is 7.05 Å². The largest absolute Gasteiger partial charge is 0.307 e. The van der Waals surface area contributed by atoms with Gasteiger partial charge in [0.05, 0.1) is 0 Å². The first-order valence-electron chi connectivity index (χ1n) is 4.15. The Balaban J connectivity index is 3.44. The van der Waals surface area contributed by atoms with Gasteiger partial charge in [-0.15, -0.1) is 12.3 Å². The highest BCUT2D eigenvalue weighted by molar-refractivity contribution is 4.84. The second kappa shape index (κ2) is 7.59. The summed E-state index contributed by atoms with van der Waals surface area (Å²) in [5.74, 6) is 2.65. The van der Waals surface area contributed by atoms with Gasteiger partial charge in [0.2, 0.25) is 0 Å². The van der Waals surface area contributed by atoms with Crippen LogP contribution >= 0.6 is 0 Å². The van der Waals surface area contributed by atoms with Crippen LogP contribution in [0.2, 0.25) is 0 Å². The van der Waals surface area contributed by atoms with E-state index in [0.29, 0.717) is 0 Å². The van der Waals surface area contributed by atoms with Crippen LogP contribution in [0.3, 0.4) is 0 Å². The van der Waals surface area contributed by atoms with Gasteiger partial charge in [0, 0.05) is 19.6 Å². The van der Waals surface area contributed by atoms with Crippen molar-refractivity contribution in [1.29, 1.82) is 0 Å². The first-order valence-corrected chi connectivity index (χ1v) is 4.15. The number of nitrogens with zero attached hydrogens (tertiary/aromatic N) is 1. The summed E-state index contributed by atoms with van der Waals surface area (Å²) in [6, 6.07) is 0. The van der Waals surface area contributed by atoms with Gasteiger partial charge in [-0.1, -0.05) is 6.92 Å². The Morgan fingerprint density at radius 2 is 2.18 bits per heavy atom. The number of hydrogen-bond acceptors (Lipinski definition) is 2. The molecule has 64 valence electrons. The maximum absolute atomic E-state index is 5.17. The predicted molar refractivity (Wildman–Crippen MR) is 49.2 cm³/mol. The van der Waals surface area contributed by atoms with Gasteiger partial charge in [-0.3, -0.25) is 4.90 Å². The highest BCUT2D eigenvalue weighted by Crippen LogP contribution is 1.90. The summed E-state index contributed by atoms with van der Waals surface area (Å²) in [7, 11) is 1.96. The van der Waals surface area contributed by atoms with Crippen molar-refractivity contribution in [2.75, 3.05) is 26.8 Å². The zero-order valence-electron chi connectivity index (χ0n) is 7.56. The molecule has 0 rings (SSSR count). The van der Waals surface area contributed by atoms with Gasteiger partial charge in [0.1, 0.15) is 0 Å². The Labute approximate surface area is 70.0 Å². The van der Waals surface area contributed by atoms with Crippen molar-refractivity contribution in [2.24, 2.45) is 0 Å². The molecule has 0 aliphatic rings. The highest BCUT2D eigenvalue weighted by Gasteiger charge is 1.98. The van der Waals surface area contributed by atoms with Crippen LogP contribution in [0.1, 0.15) is 19.8 Å². The van der Waals surface area contributed by atoms with E-state index in [-0.39, 0.29) is 0 Å². The van der Waals surface area contributed by atoms with Crippen molar-refractivity contribution in [2.45, 2.75) is 19.8 Å². The van der Waals surface area contributed by atoms with Crippen LogP contribution in [-0.2, 0) is 0 Å². The molecule has 0 heterocycles. The minimum atomic E-state index is 0.849. The number of nitrogens with one attached hydrogen (secondary N) is 1. The Morgan fingerprint density at radius 1 is 1.45 bits per heavy atom. The second-order valence-electron chi connectivity index (χ2n) is 2.58. The fourth-order valence-electron chi connectivity index (χ4n) is 1.03. The first kappa shape index (κ1) is 10.5. The highest BCUT2D eigenvalue weighted by atomic mass is 15.2. The van der Waals surface area contributed by atoms with Crippen LogP contribution in [-0.4, -0.2) is 31.7 Å². The van der Waals surface area contributed by atoms with Crippen molar-refractivity contribution in [3.05, 3.63) is 0 Å². The van der Waals surface area contributed by atoms with E-state index in [1.165, 1.54) is 6.42 Å². The normalized spacial score (nSPS) is 10.0. The maximum atomic E-state index is 5.17. The standard InChI is InChI=1S/C9H18N2/c1-4-6-8-11(7-5-2)9-10-3/h1,10H,5-9H2,2-3H3. The van der Waals surface area contributed by atoms with Gasteiger partial charge in [-0.05, 0) is 20.0 Å². The van der Waals surface area contributed by atoms with Crippen LogP contribution in [0.15, 0.2) is 0 Å². The molecule has 0 fully saturated rings. The molecule has 0 unspecified atom stereocenters. The molecule has 0 atom stereocenters. The minimum Gasteiger partial charge on any atom is -0.307 e. The van der Waals surface area contributed by atoms with Crippen LogP contribution in [0, 0.1) is 12.3 Å². The fraction of sp³-hybridized carbons (Fsp3) is 0.778. The summed E-state index contributed by atoms with van der Waals surface area (Å²) in [6.07, 6.45) is 7.21. The topological polar surface area (TPSA) is 15.3 Å². The molecule has 2 nitrogen and oxygen atoms in total. The van der Waals surface area contributed by atoms with Crippen molar-refractivity contribution < 1.29 is 0 Å². The minimum absolute atomic E-state index is 0.849. The number of hydrogen-bond donors (Lipinski definition) is 1. The quantitative estimate of drug-likeness (QED) is 0.451. The van der Waals surface area contributed by atoms with Gasteiger partial charge < -0.3 is 5.32 Å². The van der Waals surface area contributed by atoms with E-state index in [1.54, 1.807) is 0 Å². The Bertz CT molecular complexity index is 109. The second-order valence-corrected chi connectivity index (χ2v) is 2.58. The molecule has 0 bridgehead atoms. The van der Waals surface area contributed by atoms with E-state index in [9.17, 15) is 0 Å². The van der Waals surface area contributed by atoms with Crippen molar-refractivity contribution in [3.8, 4) is 12.3 Å². The zero-order valence-corrected chi connectivity index (χ0v) is 7.56. The van der Waals surface area contributed by atoms with Crippen LogP contribution in [0.4, 0.5) is 0 Å². The molecule has 0 spiro atoms.